The Labute approximate surface area is 252 Å². The molecule has 0 spiro atoms. The number of methoxy groups -OCH3 is 2. The molecule has 0 saturated heterocycles. The van der Waals surface area contributed by atoms with Gasteiger partial charge in [-0.25, -0.2) is 4.99 Å². The molecule has 0 fully saturated rings. The van der Waals surface area contributed by atoms with Gasteiger partial charge in [-0.3, -0.25) is 19.0 Å². The number of ether oxygens (including phenoxy) is 2. The molecule has 0 unspecified atom stereocenters. The van der Waals surface area contributed by atoms with Crippen LogP contribution in [0.1, 0.15) is 37.9 Å². The molecule has 1 N–H and O–H groups in total. The van der Waals surface area contributed by atoms with E-state index in [-0.39, 0.29) is 16.5 Å². The Morgan fingerprint density at radius 2 is 1.70 bits per heavy atom. The van der Waals surface area contributed by atoms with Crippen LogP contribution >= 0.6 is 11.3 Å². The van der Waals surface area contributed by atoms with Crippen molar-refractivity contribution in [3.63, 3.8) is 0 Å². The maximum absolute atomic E-state index is 14.5. The van der Waals surface area contributed by atoms with E-state index in [1.165, 1.54) is 11.7 Å². The van der Waals surface area contributed by atoms with Gasteiger partial charge in [-0.2, -0.15) is 0 Å². The average Bonchev–Trinajstić information content (AvgIpc) is 3.48. The maximum atomic E-state index is 14.5. The summed E-state index contributed by atoms with van der Waals surface area (Å²) >= 11 is 1.15. The zero-order valence-electron chi connectivity index (χ0n) is 24.4. The predicted molar refractivity (Wildman–Crippen MR) is 166 cm³/mol. The number of nitrogens with one attached hydrogen (secondary N) is 1. The van der Waals surface area contributed by atoms with Crippen LogP contribution in [0, 0.1) is 0 Å². The van der Waals surface area contributed by atoms with Crippen LogP contribution in [0.15, 0.2) is 93.9 Å². The molecule has 6 rings (SSSR count). The van der Waals surface area contributed by atoms with E-state index in [1.807, 2.05) is 56.3 Å². The molecule has 2 amide bonds. The highest BCUT2D eigenvalue weighted by Gasteiger charge is 2.38. The lowest BCUT2D eigenvalue weighted by molar-refractivity contribution is -0.114. The first kappa shape index (κ1) is 28.2. The fourth-order valence-electron chi connectivity index (χ4n) is 5.69. The van der Waals surface area contributed by atoms with Gasteiger partial charge in [0.2, 0.25) is 0 Å². The van der Waals surface area contributed by atoms with Crippen molar-refractivity contribution in [1.29, 1.82) is 0 Å². The Morgan fingerprint density at radius 1 is 0.977 bits per heavy atom. The van der Waals surface area contributed by atoms with Crippen LogP contribution in [0.2, 0.25) is 0 Å². The molecule has 10 heteroatoms. The van der Waals surface area contributed by atoms with Crippen LogP contribution in [-0.4, -0.2) is 36.6 Å². The van der Waals surface area contributed by atoms with Crippen LogP contribution in [-0.2, 0) is 9.59 Å². The second-order valence-electron chi connectivity index (χ2n) is 10.5. The molecule has 9 nitrogen and oxygen atoms in total. The molecule has 2 aliphatic rings. The van der Waals surface area contributed by atoms with Gasteiger partial charge in [0.05, 0.1) is 36.8 Å². The van der Waals surface area contributed by atoms with Crippen LogP contribution in [0.4, 0.5) is 11.4 Å². The fourth-order valence-corrected chi connectivity index (χ4v) is 6.83. The van der Waals surface area contributed by atoms with E-state index in [2.05, 4.69) is 5.32 Å². The molecule has 0 radical (unpaired) electrons. The minimum atomic E-state index is -0.886. The van der Waals surface area contributed by atoms with Crippen molar-refractivity contribution in [3.05, 3.63) is 115 Å². The number of aromatic nitrogens is 1. The summed E-state index contributed by atoms with van der Waals surface area (Å²) in [5.41, 5.74) is 3.32. The number of nitrogens with zero attached hydrogens (tertiary/aromatic N) is 3. The third-order valence-corrected chi connectivity index (χ3v) is 8.67. The average molecular weight is 595 g/mol. The van der Waals surface area contributed by atoms with Crippen LogP contribution in [0.25, 0.3) is 5.57 Å². The quantitative estimate of drug-likeness (QED) is 0.364. The summed E-state index contributed by atoms with van der Waals surface area (Å²) in [6, 6.07) is 20.8. The molecular formula is C33H30N4O5S. The molecule has 43 heavy (non-hydrogen) atoms. The van der Waals surface area contributed by atoms with Crippen LogP contribution in [0.3, 0.4) is 0 Å². The lowest BCUT2D eigenvalue weighted by Gasteiger charge is -2.26. The highest BCUT2D eigenvalue weighted by molar-refractivity contribution is 7.07. The van der Waals surface area contributed by atoms with Crippen molar-refractivity contribution in [2.75, 3.05) is 24.4 Å². The fraction of sp³-hybridized carbons (Fsp3) is 0.212. The summed E-state index contributed by atoms with van der Waals surface area (Å²) in [7, 11) is 3.08. The number of hydrogen-bond acceptors (Lipinski definition) is 7. The molecular weight excluding hydrogens is 564 g/mol. The van der Waals surface area contributed by atoms with Gasteiger partial charge in [0.1, 0.15) is 22.1 Å². The zero-order chi connectivity index (χ0) is 30.4. The van der Waals surface area contributed by atoms with E-state index in [1.54, 1.807) is 49.3 Å². The molecule has 0 saturated carbocycles. The Morgan fingerprint density at radius 3 is 2.40 bits per heavy atom. The summed E-state index contributed by atoms with van der Waals surface area (Å²) in [6.07, 6.45) is 0. The number of carbonyl (C=O) groups excluding carboxylic acids is 2. The Hall–Kier alpha value is -4.96. The van der Waals surface area contributed by atoms with Gasteiger partial charge < -0.3 is 19.7 Å². The van der Waals surface area contributed by atoms with E-state index in [0.717, 1.165) is 17.0 Å². The number of hydrogen-bond donors (Lipinski definition) is 1. The number of rotatable bonds is 6. The number of thiazole rings is 1. The van der Waals surface area contributed by atoms with Crippen molar-refractivity contribution >= 4 is 40.1 Å². The first-order valence-electron chi connectivity index (χ1n) is 13.8. The van der Waals surface area contributed by atoms with E-state index >= 15 is 0 Å². The number of fused-ring (bicyclic) bond motifs is 2. The molecule has 0 aliphatic carbocycles. The summed E-state index contributed by atoms with van der Waals surface area (Å²) in [6.45, 7) is 5.63. The zero-order valence-corrected chi connectivity index (χ0v) is 25.2. The molecule has 2 aliphatic heterocycles. The van der Waals surface area contributed by atoms with E-state index in [4.69, 9.17) is 14.5 Å². The lowest BCUT2D eigenvalue weighted by Crippen LogP contribution is -2.42. The third kappa shape index (κ3) is 4.64. The van der Waals surface area contributed by atoms with Gasteiger partial charge in [-0.15, -0.1) is 0 Å². The second-order valence-corrected chi connectivity index (χ2v) is 11.5. The number of carbonyl (C=O) groups is 2. The van der Waals surface area contributed by atoms with Crippen molar-refractivity contribution in [3.8, 4) is 11.5 Å². The maximum Gasteiger partial charge on any atom is 0.271 e. The molecule has 218 valence electrons. The summed E-state index contributed by atoms with van der Waals surface area (Å²) in [5, 5.41) is 2.95. The summed E-state index contributed by atoms with van der Waals surface area (Å²) in [5.74, 6) is 0.364. The molecule has 1 aromatic heterocycles. The van der Waals surface area contributed by atoms with Gasteiger partial charge in [0.15, 0.2) is 4.80 Å². The van der Waals surface area contributed by atoms with Gasteiger partial charge in [-0.05, 0) is 51.1 Å². The number of anilines is 2. The lowest BCUT2D eigenvalue weighted by atomic mass is 9.94. The topological polar surface area (TPSA) is 102 Å². The molecule has 3 heterocycles. The standard InChI is InChI=1S/C33H30N4O5S/c1-18(2)36-24-14-10-9-13-22(24)27(31(36)39)29-32(40)37-28(23-16-15-21(41-4)17-25(23)42-5)26(19(3)34-33(37)43-29)30(38)35-20-11-7-6-8-12-20/h6-18,28H,1-5H3,(H,35,38)/b29-27+/t28-/m1/s1. The largest absolute Gasteiger partial charge is 0.497 e. The van der Waals surface area contributed by atoms with E-state index in [0.29, 0.717) is 50.0 Å². The molecule has 1 atom stereocenters. The number of allylic oxidation sites excluding steroid dienone is 1. The highest BCUT2D eigenvalue weighted by Crippen LogP contribution is 2.39. The number of para-hydroxylation sites is 2. The smallest absolute Gasteiger partial charge is 0.271 e. The van der Waals surface area contributed by atoms with Gasteiger partial charge in [-0.1, -0.05) is 47.7 Å². The van der Waals surface area contributed by atoms with Crippen molar-refractivity contribution in [2.45, 2.75) is 32.9 Å². The molecule has 3 aromatic carbocycles. The predicted octanol–water partition coefficient (Wildman–Crippen LogP) is 4.02. The minimum absolute atomic E-state index is 0.110. The highest BCUT2D eigenvalue weighted by atomic mass is 32.1. The number of benzene rings is 3. The van der Waals surface area contributed by atoms with Gasteiger partial charge in [0, 0.05) is 28.9 Å². The van der Waals surface area contributed by atoms with Crippen molar-refractivity contribution < 1.29 is 19.1 Å². The van der Waals surface area contributed by atoms with Crippen molar-refractivity contribution in [2.24, 2.45) is 4.99 Å². The minimum Gasteiger partial charge on any atom is -0.497 e. The van der Waals surface area contributed by atoms with Gasteiger partial charge in [0.25, 0.3) is 17.4 Å². The number of amides is 2. The molecule has 0 bridgehead atoms. The first-order valence-corrected chi connectivity index (χ1v) is 14.6. The molecule has 4 aromatic rings. The van der Waals surface area contributed by atoms with E-state index < -0.39 is 17.5 Å². The van der Waals surface area contributed by atoms with Crippen LogP contribution < -0.4 is 34.6 Å². The summed E-state index contributed by atoms with van der Waals surface area (Å²) in [4.78, 5) is 49.1. The third-order valence-electron chi connectivity index (χ3n) is 7.62. The van der Waals surface area contributed by atoms with Crippen molar-refractivity contribution in [1.82, 2.24) is 4.57 Å². The Bertz CT molecular complexity index is 1990. The summed E-state index contributed by atoms with van der Waals surface area (Å²) < 4.78 is 12.9. The van der Waals surface area contributed by atoms with Crippen LogP contribution in [0.5, 0.6) is 11.5 Å². The Kier molecular flexibility index (Phi) is 7.23. The first-order chi connectivity index (χ1) is 20.7. The SMILES string of the molecule is COc1ccc([C@@H]2C(C(=O)Nc3ccccc3)=C(C)N=c3s/c(=C4/C(=O)N(C(C)C)c5ccccc54)c(=O)n32)c(OC)c1. The van der Waals surface area contributed by atoms with Gasteiger partial charge >= 0.3 is 0 Å². The monoisotopic (exact) mass is 594 g/mol. The Balaban J connectivity index is 1.62. The second kappa shape index (κ2) is 11.0. The normalized spacial score (nSPS) is 17.0. The van der Waals surface area contributed by atoms with E-state index in [9.17, 15) is 14.4 Å².